The van der Waals surface area contributed by atoms with Crippen LogP contribution in [0.2, 0.25) is 0 Å². The molecule has 5 heteroatoms. The molecule has 1 N–H and O–H groups in total. The van der Waals surface area contributed by atoms with Gasteiger partial charge in [-0.2, -0.15) is 0 Å². The maximum Gasteiger partial charge on any atom is 0.262 e. The van der Waals surface area contributed by atoms with Crippen LogP contribution >= 0.6 is 0 Å². The van der Waals surface area contributed by atoms with E-state index in [0.717, 1.165) is 22.6 Å². The van der Waals surface area contributed by atoms with Gasteiger partial charge in [-0.1, -0.05) is 30.3 Å². The van der Waals surface area contributed by atoms with Crippen LogP contribution in [0.25, 0.3) is 0 Å². The van der Waals surface area contributed by atoms with Crippen LogP contribution < -0.4 is 19.5 Å². The Hall–Kier alpha value is -3.47. The SMILES string of the molecule is Cc1cccc(OCC(=O)Nc2ccc(OCCOc3ccccc3)cc2)c1C. The van der Waals surface area contributed by atoms with Gasteiger partial charge >= 0.3 is 0 Å². The molecule has 3 rings (SSSR count). The second-order valence-electron chi connectivity index (χ2n) is 6.57. The number of ether oxygens (including phenoxy) is 3. The van der Waals surface area contributed by atoms with Crippen LogP contribution in [0.3, 0.4) is 0 Å². The predicted octanol–water partition coefficient (Wildman–Crippen LogP) is 4.78. The Morgan fingerprint density at radius 2 is 1.41 bits per heavy atom. The normalized spacial score (nSPS) is 10.3. The molecule has 0 spiro atoms. The lowest BCUT2D eigenvalue weighted by Crippen LogP contribution is -2.20. The molecule has 0 aliphatic carbocycles. The number of benzene rings is 3. The van der Waals surface area contributed by atoms with Crippen molar-refractivity contribution in [1.29, 1.82) is 0 Å². The number of hydrogen-bond acceptors (Lipinski definition) is 4. The van der Waals surface area contributed by atoms with Crippen molar-refractivity contribution >= 4 is 11.6 Å². The van der Waals surface area contributed by atoms with Gasteiger partial charge in [0.1, 0.15) is 30.5 Å². The minimum absolute atomic E-state index is 0.0423. The Kier molecular flexibility index (Phi) is 7.11. The van der Waals surface area contributed by atoms with Gasteiger partial charge in [-0.3, -0.25) is 4.79 Å². The van der Waals surface area contributed by atoms with Gasteiger partial charge in [0.05, 0.1) is 0 Å². The molecule has 0 saturated carbocycles. The molecular formula is C24H25NO4. The van der Waals surface area contributed by atoms with Gasteiger partial charge in [0, 0.05) is 5.69 Å². The Balaban J connectivity index is 1.40. The Morgan fingerprint density at radius 1 is 0.759 bits per heavy atom. The Labute approximate surface area is 171 Å². The quantitative estimate of drug-likeness (QED) is 0.534. The van der Waals surface area contributed by atoms with Gasteiger partial charge in [-0.15, -0.1) is 0 Å². The monoisotopic (exact) mass is 391 g/mol. The van der Waals surface area contributed by atoms with Gasteiger partial charge in [0.25, 0.3) is 5.91 Å². The Morgan fingerprint density at radius 3 is 2.10 bits per heavy atom. The first-order chi connectivity index (χ1) is 14.1. The van der Waals surface area contributed by atoms with Crippen LogP contribution in [0.4, 0.5) is 5.69 Å². The summed E-state index contributed by atoms with van der Waals surface area (Å²) in [6.45, 7) is 4.84. The van der Waals surface area contributed by atoms with Gasteiger partial charge in [0.15, 0.2) is 6.61 Å². The van der Waals surface area contributed by atoms with Crippen LogP contribution in [0, 0.1) is 13.8 Å². The minimum atomic E-state index is -0.212. The molecule has 0 radical (unpaired) electrons. The topological polar surface area (TPSA) is 56.8 Å². The van der Waals surface area contributed by atoms with E-state index in [0.29, 0.717) is 24.7 Å². The highest BCUT2D eigenvalue weighted by atomic mass is 16.5. The Bertz CT molecular complexity index is 923. The summed E-state index contributed by atoms with van der Waals surface area (Å²) < 4.78 is 16.9. The number of para-hydroxylation sites is 1. The third kappa shape index (κ3) is 6.28. The predicted molar refractivity (Wildman–Crippen MR) is 114 cm³/mol. The molecule has 0 aromatic heterocycles. The average molecular weight is 391 g/mol. The zero-order valence-corrected chi connectivity index (χ0v) is 16.7. The molecule has 3 aromatic rings. The van der Waals surface area contributed by atoms with Crippen LogP contribution in [0.1, 0.15) is 11.1 Å². The zero-order valence-electron chi connectivity index (χ0n) is 16.7. The largest absolute Gasteiger partial charge is 0.490 e. The first kappa shape index (κ1) is 20.3. The summed E-state index contributed by atoms with van der Waals surface area (Å²) >= 11 is 0. The highest BCUT2D eigenvalue weighted by Crippen LogP contribution is 2.21. The number of aryl methyl sites for hydroxylation is 1. The number of anilines is 1. The molecule has 0 aliphatic heterocycles. The fourth-order valence-electron chi connectivity index (χ4n) is 2.69. The highest BCUT2D eigenvalue weighted by molar-refractivity contribution is 5.91. The summed E-state index contributed by atoms with van der Waals surface area (Å²) in [6.07, 6.45) is 0. The van der Waals surface area contributed by atoms with Gasteiger partial charge in [-0.05, 0) is 67.4 Å². The molecule has 0 saturated heterocycles. The molecule has 3 aromatic carbocycles. The van der Waals surface area contributed by atoms with Crippen molar-refractivity contribution in [2.45, 2.75) is 13.8 Å². The van der Waals surface area contributed by atoms with Crippen LogP contribution in [-0.4, -0.2) is 25.7 Å². The van der Waals surface area contributed by atoms with Gasteiger partial charge in [0.2, 0.25) is 0 Å². The molecule has 0 bridgehead atoms. The third-order valence-electron chi connectivity index (χ3n) is 4.42. The van der Waals surface area contributed by atoms with Gasteiger partial charge in [-0.25, -0.2) is 0 Å². The van der Waals surface area contributed by atoms with E-state index in [2.05, 4.69) is 5.32 Å². The van der Waals surface area contributed by atoms with Crippen molar-refractivity contribution in [1.82, 2.24) is 0 Å². The lowest BCUT2D eigenvalue weighted by Gasteiger charge is -2.11. The molecule has 1 amide bonds. The van der Waals surface area contributed by atoms with Crippen molar-refractivity contribution in [2.24, 2.45) is 0 Å². The smallest absolute Gasteiger partial charge is 0.262 e. The minimum Gasteiger partial charge on any atom is -0.490 e. The van der Waals surface area contributed by atoms with Crippen molar-refractivity contribution < 1.29 is 19.0 Å². The van der Waals surface area contributed by atoms with E-state index in [-0.39, 0.29) is 12.5 Å². The molecule has 0 aliphatic rings. The first-order valence-electron chi connectivity index (χ1n) is 9.51. The van der Waals surface area contributed by atoms with E-state index < -0.39 is 0 Å². The van der Waals surface area contributed by atoms with Crippen molar-refractivity contribution in [3.63, 3.8) is 0 Å². The molecule has 5 nitrogen and oxygen atoms in total. The molecule has 0 fully saturated rings. The second-order valence-corrected chi connectivity index (χ2v) is 6.57. The average Bonchev–Trinajstić information content (AvgIpc) is 2.74. The van der Waals surface area contributed by atoms with E-state index >= 15 is 0 Å². The third-order valence-corrected chi connectivity index (χ3v) is 4.42. The van der Waals surface area contributed by atoms with Crippen molar-refractivity contribution in [3.05, 3.63) is 83.9 Å². The fourth-order valence-corrected chi connectivity index (χ4v) is 2.69. The number of nitrogens with one attached hydrogen (secondary N) is 1. The first-order valence-corrected chi connectivity index (χ1v) is 9.51. The summed E-state index contributed by atoms with van der Waals surface area (Å²) in [5.74, 6) is 2.04. The second kappa shape index (κ2) is 10.2. The molecule has 0 atom stereocenters. The van der Waals surface area contributed by atoms with Crippen molar-refractivity contribution in [2.75, 3.05) is 25.1 Å². The number of carbonyl (C=O) groups is 1. The number of rotatable bonds is 9. The standard InChI is InChI=1S/C24H25NO4/c1-18-7-6-10-23(19(18)2)29-17-24(26)25-20-11-13-22(14-12-20)28-16-15-27-21-8-4-3-5-9-21/h3-14H,15-17H2,1-2H3,(H,25,26). The molecule has 0 heterocycles. The molecule has 150 valence electrons. The number of carbonyl (C=O) groups excluding carboxylic acids is 1. The highest BCUT2D eigenvalue weighted by Gasteiger charge is 2.07. The molecular weight excluding hydrogens is 366 g/mol. The molecule has 29 heavy (non-hydrogen) atoms. The van der Waals surface area contributed by atoms with E-state index in [1.807, 2.05) is 74.5 Å². The lowest BCUT2D eigenvalue weighted by molar-refractivity contribution is -0.118. The summed E-state index contributed by atoms with van der Waals surface area (Å²) in [5.41, 5.74) is 2.86. The van der Waals surface area contributed by atoms with Crippen LogP contribution in [0.5, 0.6) is 17.2 Å². The fraction of sp³-hybridized carbons (Fsp3) is 0.208. The van der Waals surface area contributed by atoms with Crippen LogP contribution in [0.15, 0.2) is 72.8 Å². The van der Waals surface area contributed by atoms with E-state index in [4.69, 9.17) is 14.2 Å². The maximum atomic E-state index is 12.1. The van der Waals surface area contributed by atoms with E-state index in [1.54, 1.807) is 12.1 Å². The number of amides is 1. The summed E-state index contributed by atoms with van der Waals surface area (Å²) in [4.78, 5) is 12.1. The van der Waals surface area contributed by atoms with E-state index in [9.17, 15) is 4.79 Å². The summed E-state index contributed by atoms with van der Waals surface area (Å²) in [5, 5.41) is 2.82. The summed E-state index contributed by atoms with van der Waals surface area (Å²) in [7, 11) is 0. The lowest BCUT2D eigenvalue weighted by atomic mass is 10.1. The maximum absolute atomic E-state index is 12.1. The van der Waals surface area contributed by atoms with Crippen LogP contribution in [-0.2, 0) is 4.79 Å². The van der Waals surface area contributed by atoms with Crippen molar-refractivity contribution in [3.8, 4) is 17.2 Å². The molecule has 0 unspecified atom stereocenters. The van der Waals surface area contributed by atoms with Gasteiger partial charge < -0.3 is 19.5 Å². The summed E-state index contributed by atoms with van der Waals surface area (Å²) in [6, 6.07) is 22.6. The zero-order chi connectivity index (χ0) is 20.5. The number of hydrogen-bond donors (Lipinski definition) is 1. The van der Waals surface area contributed by atoms with E-state index in [1.165, 1.54) is 0 Å².